The van der Waals surface area contributed by atoms with Gasteiger partial charge in [0.05, 0.1) is 11.7 Å². The van der Waals surface area contributed by atoms with Gasteiger partial charge in [-0.05, 0) is 37.6 Å². The van der Waals surface area contributed by atoms with Crippen LogP contribution >= 0.6 is 0 Å². The molecular formula is C17H19NO5. The summed E-state index contributed by atoms with van der Waals surface area (Å²) in [4.78, 5) is 12.1. The quantitative estimate of drug-likeness (QED) is 0.903. The molecule has 0 saturated carbocycles. The van der Waals surface area contributed by atoms with Crippen LogP contribution in [0.1, 0.15) is 33.5 Å². The molecule has 0 spiro atoms. The molecule has 1 atom stereocenters. The van der Waals surface area contributed by atoms with Gasteiger partial charge in [0, 0.05) is 6.54 Å². The van der Waals surface area contributed by atoms with Gasteiger partial charge in [0.2, 0.25) is 0 Å². The lowest BCUT2D eigenvalue weighted by atomic mass is 10.1. The highest BCUT2D eigenvalue weighted by Crippen LogP contribution is 2.32. The third kappa shape index (κ3) is 3.32. The molecule has 2 aromatic rings. The van der Waals surface area contributed by atoms with E-state index in [9.17, 15) is 9.90 Å². The van der Waals surface area contributed by atoms with Crippen molar-refractivity contribution in [1.29, 1.82) is 0 Å². The summed E-state index contributed by atoms with van der Waals surface area (Å²) in [6, 6.07) is 6.94. The highest BCUT2D eigenvalue weighted by atomic mass is 16.6. The third-order valence-electron chi connectivity index (χ3n) is 3.69. The molecule has 1 aromatic heterocycles. The number of fused-ring (bicyclic) bond motifs is 1. The summed E-state index contributed by atoms with van der Waals surface area (Å²) >= 11 is 0. The van der Waals surface area contributed by atoms with Gasteiger partial charge in [-0.15, -0.1) is 0 Å². The minimum atomic E-state index is -0.830. The maximum atomic E-state index is 12.1. The minimum absolute atomic E-state index is 0.0993. The summed E-state index contributed by atoms with van der Waals surface area (Å²) < 4.78 is 16.3. The molecule has 1 unspecified atom stereocenters. The van der Waals surface area contributed by atoms with Crippen molar-refractivity contribution >= 4 is 5.91 Å². The van der Waals surface area contributed by atoms with E-state index in [1.807, 2.05) is 0 Å². The van der Waals surface area contributed by atoms with Gasteiger partial charge in [0.1, 0.15) is 24.7 Å². The first-order valence-corrected chi connectivity index (χ1v) is 7.47. The molecule has 122 valence electrons. The molecule has 23 heavy (non-hydrogen) atoms. The Morgan fingerprint density at radius 3 is 2.65 bits per heavy atom. The smallest absolute Gasteiger partial charge is 0.254 e. The number of carbonyl (C=O) groups excluding carboxylic acids is 1. The Morgan fingerprint density at radius 2 is 1.96 bits per heavy atom. The molecule has 0 radical (unpaired) electrons. The number of aliphatic hydroxyl groups is 1. The van der Waals surface area contributed by atoms with Crippen LogP contribution in [0.25, 0.3) is 0 Å². The van der Waals surface area contributed by atoms with Crippen molar-refractivity contribution in [3.05, 3.63) is 46.9 Å². The average Bonchev–Trinajstić information content (AvgIpc) is 2.90. The first kappa shape index (κ1) is 15.4. The number of amides is 1. The molecule has 1 aliphatic heterocycles. The second kappa shape index (κ2) is 6.34. The molecule has 2 heterocycles. The van der Waals surface area contributed by atoms with E-state index in [0.717, 1.165) is 0 Å². The van der Waals surface area contributed by atoms with E-state index in [2.05, 4.69) is 5.32 Å². The van der Waals surface area contributed by atoms with Crippen LogP contribution in [0.4, 0.5) is 0 Å². The number of furan rings is 1. The molecular weight excluding hydrogens is 298 g/mol. The van der Waals surface area contributed by atoms with Crippen molar-refractivity contribution in [2.75, 3.05) is 19.8 Å². The summed E-state index contributed by atoms with van der Waals surface area (Å²) in [7, 11) is 0. The zero-order valence-corrected chi connectivity index (χ0v) is 13.1. The van der Waals surface area contributed by atoms with E-state index < -0.39 is 6.10 Å². The summed E-state index contributed by atoms with van der Waals surface area (Å²) in [6.45, 7) is 4.63. The number of benzene rings is 1. The van der Waals surface area contributed by atoms with E-state index in [4.69, 9.17) is 13.9 Å². The first-order chi connectivity index (χ1) is 11.0. The Bertz CT molecular complexity index is 722. The van der Waals surface area contributed by atoms with E-state index in [0.29, 0.717) is 47.4 Å². The Balaban J connectivity index is 1.64. The maximum Gasteiger partial charge on any atom is 0.254 e. The molecule has 3 rings (SSSR count). The van der Waals surface area contributed by atoms with Crippen molar-refractivity contribution < 1.29 is 23.8 Å². The highest BCUT2D eigenvalue weighted by molar-refractivity contribution is 5.95. The van der Waals surface area contributed by atoms with Gasteiger partial charge < -0.3 is 24.3 Å². The van der Waals surface area contributed by atoms with Crippen molar-refractivity contribution in [2.45, 2.75) is 20.0 Å². The van der Waals surface area contributed by atoms with E-state index in [1.165, 1.54) is 0 Å². The minimum Gasteiger partial charge on any atom is -0.486 e. The fourth-order valence-corrected chi connectivity index (χ4v) is 2.53. The SMILES string of the molecule is Cc1cc(C(=O)NCC(O)c2ccc3c(c2)OCCO3)c(C)o1. The standard InChI is InChI=1S/C17H19NO5/c1-10-7-13(11(2)23-10)17(20)18-9-14(19)12-3-4-15-16(8-12)22-6-5-21-15/h3-4,7-8,14,19H,5-6,9H2,1-2H3,(H,18,20). The van der Waals surface area contributed by atoms with Crippen LogP contribution < -0.4 is 14.8 Å². The van der Waals surface area contributed by atoms with Crippen molar-refractivity contribution in [3.8, 4) is 11.5 Å². The number of aryl methyl sites for hydroxylation is 2. The van der Waals surface area contributed by atoms with Crippen LogP contribution in [-0.4, -0.2) is 30.8 Å². The zero-order chi connectivity index (χ0) is 16.4. The number of aliphatic hydroxyl groups excluding tert-OH is 1. The van der Waals surface area contributed by atoms with Gasteiger partial charge in [0.25, 0.3) is 5.91 Å². The summed E-state index contributed by atoms with van der Waals surface area (Å²) in [5, 5.41) is 13.0. The van der Waals surface area contributed by atoms with Crippen molar-refractivity contribution in [3.63, 3.8) is 0 Å². The van der Waals surface area contributed by atoms with Crippen LogP contribution in [0.3, 0.4) is 0 Å². The zero-order valence-electron chi connectivity index (χ0n) is 13.1. The Labute approximate surface area is 134 Å². The molecule has 0 bridgehead atoms. The average molecular weight is 317 g/mol. The van der Waals surface area contributed by atoms with Crippen molar-refractivity contribution in [1.82, 2.24) is 5.32 Å². The number of nitrogens with one attached hydrogen (secondary N) is 1. The van der Waals surface area contributed by atoms with Crippen LogP contribution in [0.5, 0.6) is 11.5 Å². The van der Waals surface area contributed by atoms with Crippen LogP contribution in [0.2, 0.25) is 0 Å². The lowest BCUT2D eigenvalue weighted by molar-refractivity contribution is 0.0914. The number of carbonyl (C=O) groups is 1. The topological polar surface area (TPSA) is 80.9 Å². The van der Waals surface area contributed by atoms with Crippen LogP contribution in [0.15, 0.2) is 28.7 Å². The molecule has 0 saturated heterocycles. The number of ether oxygens (including phenoxy) is 2. The predicted octanol–water partition coefficient (Wildman–Crippen LogP) is 2.13. The van der Waals surface area contributed by atoms with Gasteiger partial charge in [0.15, 0.2) is 11.5 Å². The lowest BCUT2D eigenvalue weighted by Crippen LogP contribution is -2.28. The second-order valence-corrected chi connectivity index (χ2v) is 5.46. The Hall–Kier alpha value is -2.47. The van der Waals surface area contributed by atoms with Gasteiger partial charge in [-0.2, -0.15) is 0 Å². The van der Waals surface area contributed by atoms with Crippen LogP contribution in [-0.2, 0) is 0 Å². The largest absolute Gasteiger partial charge is 0.486 e. The molecule has 1 aromatic carbocycles. The third-order valence-corrected chi connectivity index (χ3v) is 3.69. The van der Waals surface area contributed by atoms with E-state index in [-0.39, 0.29) is 12.5 Å². The lowest BCUT2D eigenvalue weighted by Gasteiger charge is -2.20. The van der Waals surface area contributed by atoms with Gasteiger partial charge in [-0.1, -0.05) is 6.07 Å². The molecule has 6 nitrogen and oxygen atoms in total. The summed E-state index contributed by atoms with van der Waals surface area (Å²) in [5.74, 6) is 2.26. The molecule has 0 aliphatic carbocycles. The van der Waals surface area contributed by atoms with Gasteiger partial charge in [-0.25, -0.2) is 0 Å². The summed E-state index contributed by atoms with van der Waals surface area (Å²) in [5.41, 5.74) is 1.14. The highest BCUT2D eigenvalue weighted by Gasteiger charge is 2.18. The monoisotopic (exact) mass is 317 g/mol. The molecule has 2 N–H and O–H groups in total. The van der Waals surface area contributed by atoms with Crippen LogP contribution in [0, 0.1) is 13.8 Å². The fraction of sp³-hybridized carbons (Fsp3) is 0.353. The van der Waals surface area contributed by atoms with Gasteiger partial charge >= 0.3 is 0 Å². The number of rotatable bonds is 4. The molecule has 6 heteroatoms. The Morgan fingerprint density at radius 1 is 1.22 bits per heavy atom. The second-order valence-electron chi connectivity index (χ2n) is 5.46. The number of hydrogen-bond acceptors (Lipinski definition) is 5. The molecule has 1 aliphatic rings. The molecule has 0 fully saturated rings. The first-order valence-electron chi connectivity index (χ1n) is 7.47. The number of hydrogen-bond donors (Lipinski definition) is 2. The van der Waals surface area contributed by atoms with Gasteiger partial charge in [-0.3, -0.25) is 4.79 Å². The Kier molecular flexibility index (Phi) is 4.25. The summed E-state index contributed by atoms with van der Waals surface area (Å²) in [6.07, 6.45) is -0.830. The normalized spacial score (nSPS) is 14.4. The van der Waals surface area contributed by atoms with E-state index in [1.54, 1.807) is 38.1 Å². The predicted molar refractivity (Wildman–Crippen MR) is 82.9 cm³/mol. The van der Waals surface area contributed by atoms with Crippen molar-refractivity contribution in [2.24, 2.45) is 0 Å². The van der Waals surface area contributed by atoms with E-state index >= 15 is 0 Å². The fourth-order valence-electron chi connectivity index (χ4n) is 2.53. The molecule has 1 amide bonds. The maximum absolute atomic E-state index is 12.1.